The van der Waals surface area contributed by atoms with Gasteiger partial charge in [0.2, 0.25) is 0 Å². The molecule has 1 saturated carbocycles. The Labute approximate surface area is 110 Å². The van der Waals surface area contributed by atoms with E-state index in [9.17, 15) is 0 Å². The number of nitrogens with two attached hydrogens (primary N) is 1. The van der Waals surface area contributed by atoms with Crippen molar-refractivity contribution in [2.75, 3.05) is 13.6 Å². The van der Waals surface area contributed by atoms with Crippen LogP contribution in [0.4, 0.5) is 0 Å². The first-order valence-corrected chi connectivity index (χ1v) is 7.07. The van der Waals surface area contributed by atoms with E-state index >= 15 is 0 Å². The first-order valence-electron chi connectivity index (χ1n) is 7.07. The summed E-state index contributed by atoms with van der Waals surface area (Å²) < 4.78 is 1.86. The highest BCUT2D eigenvalue weighted by Gasteiger charge is 2.21. The molecule has 1 aromatic rings. The molecule has 2 unspecified atom stereocenters. The van der Waals surface area contributed by atoms with E-state index < -0.39 is 0 Å². The Morgan fingerprint density at radius 3 is 2.89 bits per heavy atom. The third kappa shape index (κ3) is 3.82. The first kappa shape index (κ1) is 13.6. The van der Waals surface area contributed by atoms with Gasteiger partial charge in [-0.3, -0.25) is 4.68 Å². The Morgan fingerprint density at radius 1 is 1.39 bits per heavy atom. The molecule has 0 spiro atoms. The summed E-state index contributed by atoms with van der Waals surface area (Å²) in [5, 5.41) is 4.21. The minimum absolute atomic E-state index is 0.392. The van der Waals surface area contributed by atoms with E-state index in [2.05, 4.69) is 23.2 Å². The molecule has 0 saturated heterocycles. The van der Waals surface area contributed by atoms with Gasteiger partial charge in [0, 0.05) is 37.9 Å². The molecule has 1 aliphatic carbocycles. The van der Waals surface area contributed by atoms with Crippen LogP contribution in [0.15, 0.2) is 12.4 Å². The number of hydrogen-bond acceptors (Lipinski definition) is 3. The third-order valence-corrected chi connectivity index (χ3v) is 3.97. The molecule has 0 bridgehead atoms. The van der Waals surface area contributed by atoms with E-state index in [-0.39, 0.29) is 0 Å². The summed E-state index contributed by atoms with van der Waals surface area (Å²) in [6, 6.07) is 0.392. The Bertz CT molecular complexity index is 360. The molecule has 1 aliphatic rings. The Balaban J connectivity index is 1.84. The quantitative estimate of drug-likeness (QED) is 0.828. The van der Waals surface area contributed by atoms with Crippen LogP contribution in [-0.4, -0.2) is 34.3 Å². The van der Waals surface area contributed by atoms with Crippen LogP contribution in [-0.2, 0) is 13.6 Å². The van der Waals surface area contributed by atoms with Gasteiger partial charge < -0.3 is 10.6 Å². The fraction of sp³-hybridized carbons (Fsp3) is 0.786. The van der Waals surface area contributed by atoms with Crippen molar-refractivity contribution in [1.29, 1.82) is 0 Å². The van der Waals surface area contributed by atoms with E-state index in [1.807, 2.05) is 17.9 Å². The van der Waals surface area contributed by atoms with Gasteiger partial charge in [0.15, 0.2) is 0 Å². The van der Waals surface area contributed by atoms with E-state index in [1.54, 1.807) is 0 Å². The number of aromatic nitrogens is 2. The zero-order chi connectivity index (χ0) is 13.0. The Kier molecular flexibility index (Phi) is 4.78. The summed E-state index contributed by atoms with van der Waals surface area (Å²) in [7, 11) is 4.15. The summed E-state index contributed by atoms with van der Waals surface area (Å²) in [4.78, 5) is 2.38. The first-order chi connectivity index (χ1) is 8.65. The fourth-order valence-corrected chi connectivity index (χ4v) is 2.97. The van der Waals surface area contributed by atoms with Gasteiger partial charge in [-0.2, -0.15) is 5.10 Å². The molecule has 1 fully saturated rings. The summed E-state index contributed by atoms with van der Waals surface area (Å²) in [5.41, 5.74) is 7.56. The second-order valence-electron chi connectivity index (χ2n) is 5.78. The van der Waals surface area contributed by atoms with E-state index in [0.29, 0.717) is 12.0 Å². The largest absolute Gasteiger partial charge is 0.327 e. The van der Waals surface area contributed by atoms with Crippen LogP contribution in [0.5, 0.6) is 0 Å². The number of aryl methyl sites for hydroxylation is 1. The molecule has 2 N–H and O–H groups in total. The molecule has 2 rings (SSSR count). The van der Waals surface area contributed by atoms with Crippen molar-refractivity contribution in [3.8, 4) is 0 Å². The van der Waals surface area contributed by atoms with Crippen molar-refractivity contribution in [2.45, 2.75) is 44.7 Å². The molecule has 4 nitrogen and oxygen atoms in total. The molecule has 0 aliphatic heterocycles. The van der Waals surface area contributed by atoms with Gasteiger partial charge in [-0.1, -0.05) is 19.3 Å². The highest BCUT2D eigenvalue weighted by Crippen LogP contribution is 2.23. The van der Waals surface area contributed by atoms with Crippen LogP contribution in [0.2, 0.25) is 0 Å². The molecule has 0 aromatic carbocycles. The summed E-state index contributed by atoms with van der Waals surface area (Å²) >= 11 is 0. The van der Waals surface area contributed by atoms with Crippen molar-refractivity contribution in [1.82, 2.24) is 14.7 Å². The van der Waals surface area contributed by atoms with Crippen LogP contribution in [0.3, 0.4) is 0 Å². The number of rotatable bonds is 4. The number of nitrogens with zero attached hydrogens (tertiary/aromatic N) is 3. The van der Waals surface area contributed by atoms with E-state index in [0.717, 1.165) is 13.1 Å². The van der Waals surface area contributed by atoms with Gasteiger partial charge in [-0.15, -0.1) is 0 Å². The van der Waals surface area contributed by atoms with Gasteiger partial charge in [0.05, 0.1) is 6.20 Å². The molecule has 18 heavy (non-hydrogen) atoms. The Morgan fingerprint density at radius 2 is 2.17 bits per heavy atom. The average molecular weight is 250 g/mol. The predicted octanol–water partition coefficient (Wildman–Crippen LogP) is 1.76. The van der Waals surface area contributed by atoms with Gasteiger partial charge >= 0.3 is 0 Å². The maximum atomic E-state index is 6.28. The van der Waals surface area contributed by atoms with Gasteiger partial charge in [-0.25, -0.2) is 0 Å². The zero-order valence-corrected chi connectivity index (χ0v) is 11.7. The van der Waals surface area contributed by atoms with Crippen LogP contribution in [0.25, 0.3) is 0 Å². The van der Waals surface area contributed by atoms with Crippen molar-refractivity contribution >= 4 is 0 Å². The minimum Gasteiger partial charge on any atom is -0.327 e. The zero-order valence-electron chi connectivity index (χ0n) is 11.7. The smallest absolute Gasteiger partial charge is 0.0534 e. The molecule has 1 heterocycles. The van der Waals surface area contributed by atoms with Crippen molar-refractivity contribution < 1.29 is 0 Å². The molecule has 0 radical (unpaired) electrons. The molecule has 1 aromatic heterocycles. The van der Waals surface area contributed by atoms with E-state index in [4.69, 9.17) is 5.73 Å². The van der Waals surface area contributed by atoms with Gasteiger partial charge in [0.25, 0.3) is 0 Å². The lowest BCUT2D eigenvalue weighted by Crippen LogP contribution is -2.37. The van der Waals surface area contributed by atoms with Crippen molar-refractivity contribution in [3.05, 3.63) is 18.0 Å². The predicted molar refractivity (Wildman–Crippen MR) is 74.1 cm³/mol. The van der Waals surface area contributed by atoms with Crippen LogP contribution < -0.4 is 5.73 Å². The highest BCUT2D eigenvalue weighted by molar-refractivity contribution is 5.03. The molecule has 102 valence electrons. The summed E-state index contributed by atoms with van der Waals surface area (Å²) in [5.74, 6) is 0.661. The van der Waals surface area contributed by atoms with Crippen molar-refractivity contribution in [3.63, 3.8) is 0 Å². The summed E-state index contributed by atoms with van der Waals surface area (Å²) in [6.45, 7) is 2.08. The third-order valence-electron chi connectivity index (χ3n) is 3.97. The second-order valence-corrected chi connectivity index (χ2v) is 5.78. The molecular weight excluding hydrogens is 224 g/mol. The summed E-state index contributed by atoms with van der Waals surface area (Å²) in [6.07, 6.45) is 10.5. The SMILES string of the molecule is CN(Cc1cnn(C)c1)CC1CCCCCC1N. The van der Waals surface area contributed by atoms with Crippen LogP contribution >= 0.6 is 0 Å². The second kappa shape index (κ2) is 6.34. The average Bonchev–Trinajstić information content (AvgIpc) is 2.61. The normalized spacial score (nSPS) is 25.3. The Hall–Kier alpha value is -0.870. The monoisotopic (exact) mass is 250 g/mol. The van der Waals surface area contributed by atoms with Crippen molar-refractivity contribution in [2.24, 2.45) is 18.7 Å². The molecule has 2 atom stereocenters. The molecule has 4 heteroatoms. The van der Waals surface area contributed by atoms with E-state index in [1.165, 1.54) is 37.7 Å². The minimum atomic E-state index is 0.392. The van der Waals surface area contributed by atoms with Gasteiger partial charge in [0.1, 0.15) is 0 Å². The standard InChI is InChI=1S/C14H26N4/c1-17(9-12-8-16-18(2)10-12)11-13-6-4-3-5-7-14(13)15/h8,10,13-14H,3-7,9,11,15H2,1-2H3. The molecular formula is C14H26N4. The topological polar surface area (TPSA) is 47.1 Å². The lowest BCUT2D eigenvalue weighted by molar-refractivity contribution is 0.237. The lowest BCUT2D eigenvalue weighted by atomic mass is 9.95. The maximum Gasteiger partial charge on any atom is 0.0534 e. The number of hydrogen-bond donors (Lipinski definition) is 1. The molecule has 0 amide bonds. The van der Waals surface area contributed by atoms with Gasteiger partial charge in [-0.05, 0) is 25.8 Å². The van der Waals surface area contributed by atoms with Crippen LogP contribution in [0, 0.1) is 5.92 Å². The highest BCUT2D eigenvalue weighted by atomic mass is 15.2. The lowest BCUT2D eigenvalue weighted by Gasteiger charge is -2.26. The van der Waals surface area contributed by atoms with Crippen LogP contribution in [0.1, 0.15) is 37.7 Å². The fourth-order valence-electron chi connectivity index (χ4n) is 2.97. The maximum absolute atomic E-state index is 6.28.